The molecule has 5 rings (SSSR count). The molecule has 0 fully saturated rings. The van der Waals surface area contributed by atoms with Crippen LogP contribution < -0.4 is 0 Å². The standard InChI is InChI=1S/C36H8F3N9/c37-36(38,39)23-7-5-20(6-8-23)29-25(15-46)33-26(16-47)32-24(14-45)28(19-3-1-18(9-40)2-4-19)30(21(10-41)11-42)34(32)27(17-48)35(33)31(29)22(12-43)13-44/h1-8H. The molecule has 0 aromatic heterocycles. The molecule has 0 bridgehead atoms. The number of fused-ring (bicyclic) bond motifs is 2. The molecule has 218 valence electrons. The maximum absolute atomic E-state index is 13.4. The second-order valence-corrected chi connectivity index (χ2v) is 9.91. The zero-order valence-corrected chi connectivity index (χ0v) is 23.8. The minimum absolute atomic E-state index is 0.0245. The van der Waals surface area contributed by atoms with Gasteiger partial charge in [-0.3, -0.25) is 0 Å². The summed E-state index contributed by atoms with van der Waals surface area (Å²) in [6.07, 6.45) is -4.72. The van der Waals surface area contributed by atoms with E-state index in [1.165, 1.54) is 24.3 Å². The fraction of sp³-hybridized carbons (Fsp3) is 0.0278. The second-order valence-electron chi connectivity index (χ2n) is 9.91. The number of nitriles is 9. The van der Waals surface area contributed by atoms with Gasteiger partial charge in [-0.25, -0.2) is 0 Å². The summed E-state index contributed by atoms with van der Waals surface area (Å²) in [5, 5.41) is 91.5. The Morgan fingerprint density at radius 1 is 0.458 bits per heavy atom. The van der Waals surface area contributed by atoms with Crippen LogP contribution in [-0.4, -0.2) is 0 Å². The Hall–Kier alpha value is -8.18. The molecule has 0 N–H and O–H groups in total. The SMILES string of the molecule is N#CC(C#N)=C1C(c2ccc(C#N)cc2)=C(C#N)c2c(C#N)c3c(c(C#N)c21)C(=C(C#N)C#N)C(c1ccc(C(F)(F)F)cc1)=C3C#N. The van der Waals surface area contributed by atoms with Crippen molar-refractivity contribution in [3.8, 4) is 54.6 Å². The largest absolute Gasteiger partial charge is 0.416 e. The zero-order valence-electron chi connectivity index (χ0n) is 23.8. The number of hydrogen-bond donors (Lipinski definition) is 0. The van der Waals surface area contributed by atoms with E-state index in [1.807, 2.05) is 30.3 Å². The van der Waals surface area contributed by atoms with Crippen molar-refractivity contribution in [1.82, 2.24) is 0 Å². The molecule has 0 aliphatic heterocycles. The van der Waals surface area contributed by atoms with Crippen LogP contribution in [0.15, 0.2) is 59.7 Å². The van der Waals surface area contributed by atoms with E-state index in [-0.39, 0.29) is 77.9 Å². The van der Waals surface area contributed by atoms with Crippen LogP contribution in [0.25, 0.3) is 33.4 Å². The molecule has 2 aliphatic rings. The smallest absolute Gasteiger partial charge is 0.192 e. The van der Waals surface area contributed by atoms with Gasteiger partial charge in [-0.15, -0.1) is 0 Å². The van der Waals surface area contributed by atoms with Gasteiger partial charge in [-0.05, 0) is 35.4 Å². The molecule has 0 atom stereocenters. The van der Waals surface area contributed by atoms with E-state index in [1.54, 1.807) is 24.3 Å². The molecule has 0 radical (unpaired) electrons. The van der Waals surface area contributed by atoms with Crippen LogP contribution in [0.2, 0.25) is 0 Å². The summed E-state index contributed by atoms with van der Waals surface area (Å²) in [4.78, 5) is 0. The van der Waals surface area contributed by atoms with E-state index in [2.05, 4.69) is 0 Å². The fourth-order valence-electron chi connectivity index (χ4n) is 5.84. The van der Waals surface area contributed by atoms with Crippen molar-refractivity contribution in [1.29, 1.82) is 47.4 Å². The predicted molar refractivity (Wildman–Crippen MR) is 160 cm³/mol. The first-order valence-electron chi connectivity index (χ1n) is 13.2. The Kier molecular flexibility index (Phi) is 7.63. The first-order chi connectivity index (χ1) is 23.1. The molecule has 0 saturated carbocycles. The molecular weight excluding hydrogens is 615 g/mol. The van der Waals surface area contributed by atoms with Crippen molar-refractivity contribution in [3.05, 3.63) is 115 Å². The third-order valence-electron chi connectivity index (χ3n) is 7.70. The van der Waals surface area contributed by atoms with Gasteiger partial charge >= 0.3 is 6.18 Å². The van der Waals surface area contributed by atoms with Crippen LogP contribution in [0.4, 0.5) is 13.2 Å². The van der Waals surface area contributed by atoms with Crippen molar-refractivity contribution in [3.63, 3.8) is 0 Å². The first-order valence-corrected chi connectivity index (χ1v) is 13.2. The van der Waals surface area contributed by atoms with Crippen LogP contribution in [-0.2, 0) is 6.18 Å². The molecule has 0 amide bonds. The average Bonchev–Trinajstić information content (AvgIpc) is 3.62. The predicted octanol–water partition coefficient (Wildman–Crippen LogP) is 6.82. The monoisotopic (exact) mass is 623 g/mol. The molecule has 48 heavy (non-hydrogen) atoms. The number of halogens is 3. The normalized spacial score (nSPS) is 12.5. The van der Waals surface area contributed by atoms with Crippen LogP contribution in [0.5, 0.6) is 0 Å². The lowest BCUT2D eigenvalue weighted by Crippen LogP contribution is -2.05. The van der Waals surface area contributed by atoms with Crippen LogP contribution in [0.3, 0.4) is 0 Å². The highest BCUT2D eigenvalue weighted by Gasteiger charge is 2.43. The van der Waals surface area contributed by atoms with Crippen molar-refractivity contribution < 1.29 is 13.2 Å². The van der Waals surface area contributed by atoms with Gasteiger partial charge in [0, 0.05) is 44.5 Å². The van der Waals surface area contributed by atoms with Crippen molar-refractivity contribution in [2.24, 2.45) is 0 Å². The number of nitrogens with zero attached hydrogens (tertiary/aromatic N) is 9. The Balaban J connectivity index is 2.06. The highest BCUT2D eigenvalue weighted by molar-refractivity contribution is 6.32. The number of hydrogen-bond acceptors (Lipinski definition) is 9. The maximum Gasteiger partial charge on any atom is 0.416 e. The molecule has 0 heterocycles. The van der Waals surface area contributed by atoms with E-state index in [0.29, 0.717) is 0 Å². The number of alkyl halides is 3. The van der Waals surface area contributed by atoms with E-state index in [4.69, 9.17) is 0 Å². The Bertz CT molecular complexity index is 2520. The highest BCUT2D eigenvalue weighted by Crippen LogP contribution is 2.58. The Labute approximate surface area is 269 Å². The van der Waals surface area contributed by atoms with E-state index >= 15 is 0 Å². The molecule has 3 aromatic rings. The number of rotatable bonds is 2. The van der Waals surface area contributed by atoms with Gasteiger partial charge in [-0.2, -0.15) is 60.5 Å². The quantitative estimate of drug-likeness (QED) is 0.273. The van der Waals surface area contributed by atoms with Crippen molar-refractivity contribution in [2.75, 3.05) is 0 Å². The zero-order chi connectivity index (χ0) is 34.9. The fourth-order valence-corrected chi connectivity index (χ4v) is 5.84. The molecule has 12 heteroatoms. The third kappa shape index (κ3) is 4.41. The molecule has 0 saturated heterocycles. The topological polar surface area (TPSA) is 214 Å². The lowest BCUT2D eigenvalue weighted by molar-refractivity contribution is -0.137. The molecule has 2 aliphatic carbocycles. The van der Waals surface area contributed by atoms with Crippen LogP contribution >= 0.6 is 0 Å². The average molecular weight is 624 g/mol. The molecule has 9 nitrogen and oxygen atoms in total. The summed E-state index contributed by atoms with van der Waals surface area (Å²) in [5.41, 5.74) is -4.97. The summed E-state index contributed by atoms with van der Waals surface area (Å²) in [5.74, 6) is 0. The van der Waals surface area contributed by atoms with E-state index < -0.39 is 28.4 Å². The maximum atomic E-state index is 13.4. The summed E-state index contributed by atoms with van der Waals surface area (Å²) in [6.45, 7) is 0. The molecule has 3 aromatic carbocycles. The summed E-state index contributed by atoms with van der Waals surface area (Å²) < 4.78 is 40.2. The Morgan fingerprint density at radius 2 is 0.833 bits per heavy atom. The van der Waals surface area contributed by atoms with Gasteiger partial charge in [0.25, 0.3) is 0 Å². The third-order valence-corrected chi connectivity index (χ3v) is 7.70. The number of allylic oxidation sites excluding steroid dienone is 8. The highest BCUT2D eigenvalue weighted by atomic mass is 19.4. The van der Waals surface area contributed by atoms with E-state index in [9.17, 15) is 60.5 Å². The van der Waals surface area contributed by atoms with Gasteiger partial charge in [0.15, 0.2) is 0 Å². The van der Waals surface area contributed by atoms with Gasteiger partial charge in [0.05, 0.1) is 39.5 Å². The first kappa shape index (κ1) is 31.3. The van der Waals surface area contributed by atoms with Gasteiger partial charge < -0.3 is 0 Å². The minimum atomic E-state index is -4.72. The van der Waals surface area contributed by atoms with Crippen molar-refractivity contribution >= 4 is 33.4 Å². The summed E-state index contributed by atoms with van der Waals surface area (Å²) in [7, 11) is 0. The van der Waals surface area contributed by atoms with E-state index in [0.717, 1.165) is 24.3 Å². The lowest BCUT2D eigenvalue weighted by Gasteiger charge is -2.16. The van der Waals surface area contributed by atoms with Crippen LogP contribution in [0.1, 0.15) is 55.6 Å². The minimum Gasteiger partial charge on any atom is -0.192 e. The number of benzene rings is 3. The van der Waals surface area contributed by atoms with Gasteiger partial charge in [0.1, 0.15) is 59.7 Å². The van der Waals surface area contributed by atoms with Crippen LogP contribution in [0, 0.1) is 102 Å². The lowest BCUT2D eigenvalue weighted by atomic mass is 9.82. The molecular formula is C36H8F3N9. The van der Waals surface area contributed by atoms with Gasteiger partial charge in [0.2, 0.25) is 0 Å². The summed E-state index contributed by atoms with van der Waals surface area (Å²) >= 11 is 0. The second kappa shape index (κ2) is 11.7. The Morgan fingerprint density at radius 3 is 1.15 bits per heavy atom. The van der Waals surface area contributed by atoms with Crippen molar-refractivity contribution in [2.45, 2.75) is 6.18 Å². The summed E-state index contributed by atoms with van der Waals surface area (Å²) in [6, 6.07) is 25.7. The molecule has 0 spiro atoms. The van der Waals surface area contributed by atoms with Gasteiger partial charge in [-0.1, -0.05) is 24.3 Å². The molecule has 0 unspecified atom stereocenters.